The molecule has 3 heterocycles. The van der Waals surface area contributed by atoms with Crippen LogP contribution < -0.4 is 9.80 Å². The van der Waals surface area contributed by atoms with E-state index in [0.717, 1.165) is 39.0 Å². The average Bonchev–Trinajstić information content (AvgIpc) is 3.48. The van der Waals surface area contributed by atoms with E-state index in [4.69, 9.17) is 4.98 Å². The van der Waals surface area contributed by atoms with Crippen molar-refractivity contribution < 1.29 is 21.1 Å². The molecule has 0 spiro atoms. The molecule has 2 aromatic heterocycles. The molecule has 7 rings (SSSR count). The second kappa shape index (κ2) is 10.8. The van der Waals surface area contributed by atoms with Crippen LogP contribution in [0.3, 0.4) is 0 Å². The van der Waals surface area contributed by atoms with Gasteiger partial charge in [-0.1, -0.05) is 55.4 Å². The Labute approximate surface area is 253 Å². The minimum atomic E-state index is 0. The third-order valence-corrected chi connectivity index (χ3v) is 8.34. The maximum Gasteiger partial charge on any atom is 2.00 e. The first-order valence-electron chi connectivity index (χ1n) is 13.3. The number of nitrogens with zero attached hydrogens (tertiary/aromatic N) is 4. The summed E-state index contributed by atoms with van der Waals surface area (Å²) in [6, 6.07) is 39.5. The molecule has 0 unspecified atom stereocenters. The standard InChI is InChI=1S/C34H28N4S.Pt/c1-23(2)24-17-18-35-34(19-24)38-30-12-5-4-11-28(30)29-16-15-27(21-33(29)38)39-26-10-8-9-25(20-26)37-22-36(3)31-13-6-7-14-32(31)37;/h4-19,23H,22H2,1-3H3;/q-2;+2. The minimum Gasteiger partial charge on any atom is -0.355 e. The quantitative estimate of drug-likeness (QED) is 0.167. The van der Waals surface area contributed by atoms with Gasteiger partial charge >= 0.3 is 21.1 Å². The number of aromatic nitrogens is 2. The average molecular weight is 720 g/mol. The molecule has 0 N–H and O–H groups in total. The van der Waals surface area contributed by atoms with Crippen molar-refractivity contribution in [3.8, 4) is 5.82 Å². The summed E-state index contributed by atoms with van der Waals surface area (Å²) in [6.45, 7) is 5.25. The maximum atomic E-state index is 4.78. The monoisotopic (exact) mass is 719 g/mol. The van der Waals surface area contributed by atoms with E-state index in [1.807, 2.05) is 6.20 Å². The molecule has 0 bridgehead atoms. The Morgan fingerprint density at radius 2 is 1.57 bits per heavy atom. The van der Waals surface area contributed by atoms with E-state index in [2.05, 4.69) is 138 Å². The first-order chi connectivity index (χ1) is 19.1. The van der Waals surface area contributed by atoms with Crippen molar-refractivity contribution in [2.24, 2.45) is 0 Å². The Morgan fingerprint density at radius 1 is 0.800 bits per heavy atom. The van der Waals surface area contributed by atoms with Gasteiger partial charge in [0.1, 0.15) is 5.82 Å². The van der Waals surface area contributed by atoms with E-state index in [0.29, 0.717) is 5.92 Å². The summed E-state index contributed by atoms with van der Waals surface area (Å²) in [4.78, 5) is 11.5. The maximum absolute atomic E-state index is 4.78. The van der Waals surface area contributed by atoms with Crippen molar-refractivity contribution in [1.29, 1.82) is 0 Å². The van der Waals surface area contributed by atoms with E-state index in [9.17, 15) is 0 Å². The van der Waals surface area contributed by atoms with Crippen LogP contribution in [0.4, 0.5) is 17.1 Å². The summed E-state index contributed by atoms with van der Waals surface area (Å²) in [5, 5.41) is 2.39. The molecule has 0 radical (unpaired) electrons. The van der Waals surface area contributed by atoms with Gasteiger partial charge in [0.2, 0.25) is 0 Å². The first-order valence-corrected chi connectivity index (χ1v) is 14.1. The molecular formula is C34H28N4PtS. The number of rotatable bonds is 5. The molecule has 0 saturated heterocycles. The second-order valence-corrected chi connectivity index (χ2v) is 11.4. The van der Waals surface area contributed by atoms with Crippen molar-refractivity contribution >= 4 is 50.6 Å². The number of pyridine rings is 1. The molecule has 6 aromatic rings. The van der Waals surface area contributed by atoms with Crippen molar-refractivity contribution in [3.05, 3.63) is 115 Å². The smallest absolute Gasteiger partial charge is 0.355 e. The fourth-order valence-corrected chi connectivity index (χ4v) is 6.27. The fourth-order valence-electron chi connectivity index (χ4n) is 5.44. The zero-order valence-corrected chi connectivity index (χ0v) is 25.6. The molecule has 4 aromatic carbocycles. The molecule has 0 atom stereocenters. The van der Waals surface area contributed by atoms with E-state index < -0.39 is 0 Å². The van der Waals surface area contributed by atoms with E-state index in [1.54, 1.807) is 11.8 Å². The van der Waals surface area contributed by atoms with Crippen LogP contribution in [0.25, 0.3) is 27.6 Å². The molecule has 0 aliphatic carbocycles. The van der Waals surface area contributed by atoms with Crippen LogP contribution in [-0.2, 0) is 21.1 Å². The predicted molar refractivity (Wildman–Crippen MR) is 163 cm³/mol. The molecule has 40 heavy (non-hydrogen) atoms. The third-order valence-electron chi connectivity index (χ3n) is 7.42. The van der Waals surface area contributed by atoms with Gasteiger partial charge in [-0.15, -0.1) is 45.1 Å². The molecule has 6 heteroatoms. The Kier molecular flexibility index (Phi) is 7.20. The molecule has 200 valence electrons. The minimum absolute atomic E-state index is 0. The first kappa shape index (κ1) is 26.7. The summed E-state index contributed by atoms with van der Waals surface area (Å²) in [7, 11) is 2.13. The predicted octanol–water partition coefficient (Wildman–Crippen LogP) is 8.60. The number of hydrogen-bond acceptors (Lipinski definition) is 4. The normalized spacial score (nSPS) is 12.8. The topological polar surface area (TPSA) is 24.3 Å². The van der Waals surface area contributed by atoms with Crippen LogP contribution in [0.5, 0.6) is 0 Å². The van der Waals surface area contributed by atoms with Crippen LogP contribution in [0.1, 0.15) is 25.3 Å². The van der Waals surface area contributed by atoms with Crippen molar-refractivity contribution in [2.75, 3.05) is 23.5 Å². The summed E-state index contributed by atoms with van der Waals surface area (Å²) in [5.41, 5.74) is 6.99. The van der Waals surface area contributed by atoms with Gasteiger partial charge in [0.05, 0.1) is 18.0 Å². The molecule has 1 aliphatic rings. The molecular weight excluding hydrogens is 692 g/mol. The Hall–Kier alpha value is -3.53. The SMILES string of the molecule is CC(C)c1ccnc(-n2c3[c-]c(Sc4[c-]c(N5CN(C)c6ccccc65)ccc4)ccc3c3ccccc32)c1.[Pt+2]. The zero-order valence-electron chi connectivity index (χ0n) is 22.5. The number of anilines is 3. The number of fused-ring (bicyclic) bond motifs is 4. The summed E-state index contributed by atoms with van der Waals surface area (Å²) < 4.78 is 2.25. The van der Waals surface area contributed by atoms with Gasteiger partial charge in [-0.2, -0.15) is 24.3 Å². The molecule has 4 nitrogen and oxygen atoms in total. The van der Waals surface area contributed by atoms with E-state index >= 15 is 0 Å². The number of hydrogen-bond donors (Lipinski definition) is 0. The Balaban J connectivity index is 0.00000289. The van der Waals surface area contributed by atoms with E-state index in [1.165, 1.54) is 27.7 Å². The number of para-hydroxylation sites is 3. The van der Waals surface area contributed by atoms with Crippen LogP contribution in [0.15, 0.2) is 107 Å². The summed E-state index contributed by atoms with van der Waals surface area (Å²) in [6.07, 6.45) is 1.91. The van der Waals surface area contributed by atoms with Crippen LogP contribution in [0.2, 0.25) is 0 Å². The van der Waals surface area contributed by atoms with Crippen molar-refractivity contribution in [2.45, 2.75) is 29.6 Å². The second-order valence-electron chi connectivity index (χ2n) is 10.3. The van der Waals surface area contributed by atoms with E-state index in [-0.39, 0.29) is 21.1 Å². The van der Waals surface area contributed by atoms with Gasteiger partial charge in [-0.3, -0.25) is 0 Å². The summed E-state index contributed by atoms with van der Waals surface area (Å²) >= 11 is 1.69. The number of benzene rings is 4. The van der Waals surface area contributed by atoms with Gasteiger partial charge in [-0.05, 0) is 47.2 Å². The zero-order chi connectivity index (χ0) is 26.5. The van der Waals surface area contributed by atoms with Crippen molar-refractivity contribution in [1.82, 2.24) is 9.55 Å². The molecule has 0 amide bonds. The Morgan fingerprint density at radius 3 is 2.42 bits per heavy atom. The van der Waals surface area contributed by atoms with Crippen molar-refractivity contribution in [3.63, 3.8) is 0 Å². The van der Waals surface area contributed by atoms with Crippen LogP contribution in [-0.4, -0.2) is 23.3 Å². The van der Waals surface area contributed by atoms with Gasteiger partial charge in [0.15, 0.2) is 0 Å². The Bertz CT molecular complexity index is 1840. The van der Waals surface area contributed by atoms with Gasteiger partial charge in [0.25, 0.3) is 0 Å². The summed E-state index contributed by atoms with van der Waals surface area (Å²) in [5.74, 6) is 1.36. The van der Waals surface area contributed by atoms with Gasteiger partial charge in [-0.25, -0.2) is 4.98 Å². The third kappa shape index (κ3) is 4.61. The largest absolute Gasteiger partial charge is 2.00 e. The van der Waals surface area contributed by atoms with Crippen LogP contribution >= 0.6 is 11.8 Å². The molecule has 0 fully saturated rings. The van der Waals surface area contributed by atoms with Gasteiger partial charge < -0.3 is 14.4 Å². The fraction of sp³-hybridized carbons (Fsp3) is 0.147. The molecule has 1 aliphatic heterocycles. The van der Waals surface area contributed by atoms with Crippen LogP contribution in [0, 0.1) is 12.1 Å². The molecule has 0 saturated carbocycles. The van der Waals surface area contributed by atoms with Gasteiger partial charge in [0, 0.05) is 18.8 Å².